The van der Waals surface area contributed by atoms with E-state index in [1.807, 2.05) is 11.3 Å². The van der Waals surface area contributed by atoms with E-state index in [9.17, 15) is 0 Å². The Hall–Kier alpha value is -5.18. The summed E-state index contributed by atoms with van der Waals surface area (Å²) in [4.78, 5) is 2.52. The van der Waals surface area contributed by atoms with Crippen LogP contribution >= 0.6 is 11.3 Å². The highest BCUT2D eigenvalue weighted by Crippen LogP contribution is 2.49. The maximum absolute atomic E-state index is 2.52. The number of anilines is 3. The molecular formula is C50H45NS. The summed E-state index contributed by atoms with van der Waals surface area (Å²) >= 11 is 1.90. The molecule has 2 heteroatoms. The summed E-state index contributed by atoms with van der Waals surface area (Å²) in [6, 6.07) is 56.9. The van der Waals surface area contributed by atoms with Crippen LogP contribution in [0.5, 0.6) is 0 Å². The minimum atomic E-state index is 0.0640. The van der Waals surface area contributed by atoms with E-state index < -0.39 is 0 Å². The summed E-state index contributed by atoms with van der Waals surface area (Å²) < 4.78 is 2.66. The molecule has 0 amide bonds. The Morgan fingerprint density at radius 2 is 1.10 bits per heavy atom. The van der Waals surface area contributed by atoms with E-state index in [1.54, 1.807) is 0 Å². The largest absolute Gasteiger partial charge is 0.309 e. The number of benzene rings is 7. The van der Waals surface area contributed by atoms with Crippen molar-refractivity contribution in [3.63, 3.8) is 0 Å². The van der Waals surface area contributed by atoms with Crippen LogP contribution in [0.2, 0.25) is 0 Å². The Kier molecular flexibility index (Phi) is 8.44. The van der Waals surface area contributed by atoms with Crippen molar-refractivity contribution in [2.24, 2.45) is 0 Å². The molecule has 256 valence electrons. The third-order valence-corrected chi connectivity index (χ3v) is 12.5. The smallest absolute Gasteiger partial charge is 0.0540 e. The summed E-state index contributed by atoms with van der Waals surface area (Å²) in [5.41, 5.74) is 11.5. The fraction of sp³-hybridized carbons (Fsp3) is 0.200. The van der Waals surface area contributed by atoms with E-state index >= 15 is 0 Å². The number of nitrogens with zero attached hydrogens (tertiary/aromatic N) is 1. The van der Waals surface area contributed by atoms with Crippen LogP contribution < -0.4 is 4.90 Å². The molecule has 1 heterocycles. The molecule has 1 aliphatic rings. The lowest BCUT2D eigenvalue weighted by atomic mass is 9.80. The summed E-state index contributed by atoms with van der Waals surface area (Å²) in [6.07, 6.45) is 6.55. The van der Waals surface area contributed by atoms with E-state index in [1.165, 1.54) is 108 Å². The molecule has 52 heavy (non-hydrogen) atoms. The van der Waals surface area contributed by atoms with Crippen LogP contribution in [0.1, 0.15) is 69.9 Å². The molecule has 0 unspecified atom stereocenters. The van der Waals surface area contributed by atoms with Crippen molar-refractivity contribution >= 4 is 59.3 Å². The van der Waals surface area contributed by atoms with Crippen LogP contribution in [0, 0.1) is 0 Å². The fourth-order valence-electron chi connectivity index (χ4n) is 8.62. The highest BCUT2D eigenvalue weighted by atomic mass is 32.1. The molecule has 0 spiro atoms. The maximum atomic E-state index is 2.52. The number of hydrogen-bond donors (Lipinski definition) is 0. The second kappa shape index (κ2) is 13.4. The molecule has 1 aliphatic carbocycles. The molecule has 1 nitrogen and oxygen atoms in total. The van der Waals surface area contributed by atoms with Gasteiger partial charge < -0.3 is 4.90 Å². The molecule has 9 rings (SSSR count). The third-order valence-electron chi connectivity index (χ3n) is 11.2. The Morgan fingerprint density at radius 3 is 1.83 bits per heavy atom. The van der Waals surface area contributed by atoms with Gasteiger partial charge in [-0.2, -0.15) is 0 Å². The van der Waals surface area contributed by atoms with Gasteiger partial charge in [-0.15, -0.1) is 11.3 Å². The van der Waals surface area contributed by atoms with Crippen LogP contribution in [0.25, 0.3) is 53.2 Å². The van der Waals surface area contributed by atoms with Crippen LogP contribution in [0.15, 0.2) is 152 Å². The number of para-hydroxylation sites is 2. The normalized spacial score (nSPS) is 14.0. The number of thiophene rings is 1. The fourth-order valence-corrected chi connectivity index (χ4v) is 9.85. The Balaban J connectivity index is 1.30. The van der Waals surface area contributed by atoms with Crippen molar-refractivity contribution in [1.82, 2.24) is 0 Å². The van der Waals surface area contributed by atoms with E-state index in [-0.39, 0.29) is 5.41 Å². The van der Waals surface area contributed by atoms with E-state index in [2.05, 4.69) is 177 Å². The van der Waals surface area contributed by atoms with Crippen LogP contribution in [-0.4, -0.2) is 0 Å². The molecule has 1 fully saturated rings. The van der Waals surface area contributed by atoms with E-state index in [4.69, 9.17) is 0 Å². The van der Waals surface area contributed by atoms with Crippen molar-refractivity contribution in [1.29, 1.82) is 0 Å². The maximum Gasteiger partial charge on any atom is 0.0540 e. The zero-order valence-electron chi connectivity index (χ0n) is 30.4. The molecule has 0 aliphatic heterocycles. The van der Waals surface area contributed by atoms with Crippen LogP contribution in [0.3, 0.4) is 0 Å². The minimum absolute atomic E-state index is 0.0640. The highest BCUT2D eigenvalue weighted by molar-refractivity contribution is 7.26. The molecule has 0 radical (unpaired) electrons. The second-order valence-electron chi connectivity index (χ2n) is 15.5. The van der Waals surface area contributed by atoms with Gasteiger partial charge in [0.05, 0.1) is 11.4 Å². The van der Waals surface area contributed by atoms with Gasteiger partial charge in [0.1, 0.15) is 0 Å². The quantitative estimate of drug-likeness (QED) is 0.168. The number of rotatable bonds is 6. The van der Waals surface area contributed by atoms with Gasteiger partial charge in [-0.3, -0.25) is 0 Å². The standard InChI is InChI=1S/C50H45NS/c1-50(2,3)36-30-32-37(33-31-36)51(46-28-11-8-21-40(46)43-25-15-26-44-41-22-9-12-29-47(41)52-49(43)44)45-27-10-7-20-39(45)42-24-14-19-35-18-13-23-38(48(35)42)34-16-5-4-6-17-34/h7-15,18-34H,4-6,16-17H2,1-3H3. The van der Waals surface area contributed by atoms with E-state index in [0.29, 0.717) is 5.92 Å². The lowest BCUT2D eigenvalue weighted by Gasteiger charge is -2.31. The Bertz CT molecular complexity index is 2540. The van der Waals surface area contributed by atoms with Gasteiger partial charge in [0.15, 0.2) is 0 Å². The zero-order valence-corrected chi connectivity index (χ0v) is 31.2. The molecule has 1 aromatic heterocycles. The summed E-state index contributed by atoms with van der Waals surface area (Å²) in [7, 11) is 0. The van der Waals surface area contributed by atoms with E-state index in [0.717, 1.165) is 5.69 Å². The third kappa shape index (κ3) is 5.80. The monoisotopic (exact) mass is 691 g/mol. The lowest BCUT2D eigenvalue weighted by Crippen LogP contribution is -2.14. The molecule has 0 bridgehead atoms. The first-order valence-electron chi connectivity index (χ1n) is 19.0. The molecule has 8 aromatic rings. The van der Waals surface area contributed by atoms with Gasteiger partial charge in [-0.25, -0.2) is 0 Å². The average Bonchev–Trinajstić information content (AvgIpc) is 3.57. The summed E-state index contributed by atoms with van der Waals surface area (Å²) in [6.45, 7) is 6.88. The predicted molar refractivity (Wildman–Crippen MR) is 227 cm³/mol. The first-order valence-corrected chi connectivity index (χ1v) is 19.8. The second-order valence-corrected chi connectivity index (χ2v) is 16.6. The zero-order chi connectivity index (χ0) is 35.2. The van der Waals surface area contributed by atoms with Gasteiger partial charge in [0.2, 0.25) is 0 Å². The van der Waals surface area contributed by atoms with Gasteiger partial charge in [0.25, 0.3) is 0 Å². The van der Waals surface area contributed by atoms with Crippen LogP contribution in [-0.2, 0) is 5.41 Å². The molecule has 1 saturated carbocycles. The topological polar surface area (TPSA) is 3.24 Å². The van der Waals surface area contributed by atoms with Gasteiger partial charge in [0, 0.05) is 42.6 Å². The number of fused-ring (bicyclic) bond motifs is 4. The highest BCUT2D eigenvalue weighted by Gasteiger charge is 2.25. The van der Waals surface area contributed by atoms with Gasteiger partial charge in [-0.1, -0.05) is 161 Å². The summed E-state index contributed by atoms with van der Waals surface area (Å²) in [5, 5.41) is 5.39. The predicted octanol–water partition coefficient (Wildman–Crippen LogP) is 15.4. The summed E-state index contributed by atoms with van der Waals surface area (Å²) in [5.74, 6) is 0.606. The SMILES string of the molecule is CC(C)(C)c1ccc(N(c2ccccc2-c2cccc3c2sc2ccccc23)c2ccccc2-c2cccc3cccc(C4CCCCC4)c23)cc1. The van der Waals surface area contributed by atoms with Crippen molar-refractivity contribution in [2.75, 3.05) is 4.90 Å². The van der Waals surface area contributed by atoms with Gasteiger partial charge in [-0.05, 0) is 82.0 Å². The minimum Gasteiger partial charge on any atom is -0.309 e. The molecule has 0 N–H and O–H groups in total. The first-order chi connectivity index (χ1) is 25.5. The molecule has 7 aromatic carbocycles. The Labute approximate surface area is 312 Å². The molecule has 0 atom stereocenters. The molecule has 0 saturated heterocycles. The van der Waals surface area contributed by atoms with Crippen molar-refractivity contribution in [2.45, 2.75) is 64.2 Å². The molecular weight excluding hydrogens is 647 g/mol. The van der Waals surface area contributed by atoms with Crippen molar-refractivity contribution < 1.29 is 0 Å². The Morgan fingerprint density at radius 1 is 0.519 bits per heavy atom. The first kappa shape index (κ1) is 32.7. The van der Waals surface area contributed by atoms with Gasteiger partial charge >= 0.3 is 0 Å². The van der Waals surface area contributed by atoms with Crippen molar-refractivity contribution in [3.05, 3.63) is 163 Å². The van der Waals surface area contributed by atoms with Crippen molar-refractivity contribution in [3.8, 4) is 22.3 Å². The average molecular weight is 692 g/mol. The lowest BCUT2D eigenvalue weighted by molar-refractivity contribution is 0.445. The number of hydrogen-bond acceptors (Lipinski definition) is 2. The van der Waals surface area contributed by atoms with Crippen LogP contribution in [0.4, 0.5) is 17.1 Å².